The Balaban J connectivity index is 0. The van der Waals surface area contributed by atoms with Gasteiger partial charge in [0.25, 0.3) is 5.56 Å². The number of ether oxygens (including phenoxy) is 1. The summed E-state index contributed by atoms with van der Waals surface area (Å²) in [6.07, 6.45) is -5.70. The molecule has 1 aliphatic heterocycles. The number of phosphoric acid groups is 3. The first-order valence-electron chi connectivity index (χ1n) is 14.1. The van der Waals surface area contributed by atoms with E-state index in [0.29, 0.717) is 4.57 Å². The van der Waals surface area contributed by atoms with Crippen LogP contribution in [0.1, 0.15) is 6.23 Å². The summed E-state index contributed by atoms with van der Waals surface area (Å²) >= 11 is 0. The van der Waals surface area contributed by atoms with Crippen molar-refractivity contribution in [2.75, 3.05) is 66.1 Å². The summed E-state index contributed by atoms with van der Waals surface area (Å²) in [5.74, 6) is 0. The van der Waals surface area contributed by atoms with Gasteiger partial charge in [-0.25, -0.2) is 18.5 Å². The van der Waals surface area contributed by atoms with E-state index in [1.54, 1.807) is 0 Å². The number of nitrogens with one attached hydrogen (secondary N) is 1. The van der Waals surface area contributed by atoms with E-state index in [2.05, 4.69) is 13.1 Å². The quantitative estimate of drug-likeness (QED) is 0.0647. The maximum Gasteiger partial charge on any atom is 0.490 e. The highest BCUT2D eigenvalue weighted by Crippen LogP contribution is 2.66. The van der Waals surface area contributed by atoms with E-state index in [0.717, 1.165) is 12.3 Å². The summed E-state index contributed by atoms with van der Waals surface area (Å²) in [6.45, 7) is -4.67. The molecule has 0 aromatic carbocycles. The van der Waals surface area contributed by atoms with Crippen molar-refractivity contribution in [3.05, 3.63) is 33.1 Å². The van der Waals surface area contributed by atoms with Crippen molar-refractivity contribution in [1.82, 2.24) is 9.55 Å². The Kier molecular flexibility index (Phi) is 23.8. The normalized spacial score (nSPS) is 21.5. The van der Waals surface area contributed by atoms with E-state index in [1.165, 1.54) is 0 Å². The van der Waals surface area contributed by atoms with Gasteiger partial charge in [0.2, 0.25) is 0 Å². The number of rotatable bonds is 17. The van der Waals surface area contributed by atoms with Gasteiger partial charge in [0.15, 0.2) is 6.23 Å². The third-order valence-electron chi connectivity index (χ3n) is 6.11. The van der Waals surface area contributed by atoms with Gasteiger partial charge in [0.1, 0.15) is 18.3 Å². The topological polar surface area (TPSA) is 525 Å². The van der Waals surface area contributed by atoms with Crippen LogP contribution in [0.5, 0.6) is 0 Å². The van der Waals surface area contributed by atoms with Crippen molar-refractivity contribution in [2.45, 2.75) is 41.2 Å². The molecule has 1 aromatic rings. The monoisotopic (exact) mass is 847 g/mol. The van der Waals surface area contributed by atoms with Crippen molar-refractivity contribution in [3.63, 3.8) is 0 Å². The fraction of sp³-hybridized carbons (Fsp3) is 0.810. The Hall–Kier alpha value is -1.51. The third-order valence-corrected chi connectivity index (χ3v) is 9.92. The first-order valence-corrected chi connectivity index (χ1v) is 18.6. The fourth-order valence-electron chi connectivity index (χ4n) is 2.65. The van der Waals surface area contributed by atoms with E-state index < -0.39 is 142 Å². The number of aromatic amines is 1. The van der Waals surface area contributed by atoms with E-state index in [4.69, 9.17) is 82.6 Å². The van der Waals surface area contributed by atoms with Gasteiger partial charge < -0.3 is 97.7 Å². The molecular weight excluding hydrogens is 799 g/mol. The molecule has 0 amide bonds. The summed E-state index contributed by atoms with van der Waals surface area (Å²) in [7, 11) is -16.8. The van der Waals surface area contributed by atoms with Gasteiger partial charge in [0.05, 0.1) is 82.7 Å². The Bertz CT molecular complexity index is 1380. The van der Waals surface area contributed by atoms with Gasteiger partial charge in [-0.05, 0) is 0 Å². The average Bonchev–Trinajstić information content (AvgIpc) is 3.37. The summed E-state index contributed by atoms with van der Waals surface area (Å²) in [5.41, 5.74) is 10.1. The Morgan fingerprint density at radius 3 is 1.36 bits per heavy atom. The summed E-state index contributed by atoms with van der Waals surface area (Å²) in [6, 6.07) is 0.920. The van der Waals surface area contributed by atoms with Crippen LogP contribution in [0.3, 0.4) is 0 Å². The van der Waals surface area contributed by atoms with Crippen LogP contribution in [0.4, 0.5) is 0 Å². The number of nitrogens with two attached hydrogens (primary N) is 3. The molecular formula is C21H48N5O24P3. The number of hydrogen-bond donors (Lipinski definition) is 19. The highest BCUT2D eigenvalue weighted by Gasteiger charge is 2.46. The van der Waals surface area contributed by atoms with Crippen LogP contribution in [0.25, 0.3) is 0 Å². The highest BCUT2D eigenvalue weighted by atomic mass is 31.3. The first-order chi connectivity index (χ1) is 24.1. The smallest absolute Gasteiger partial charge is 0.394 e. The highest BCUT2D eigenvalue weighted by molar-refractivity contribution is 7.66. The predicted molar refractivity (Wildman–Crippen MR) is 172 cm³/mol. The molecule has 6 atom stereocenters. The molecule has 1 aliphatic rings. The molecule has 32 heteroatoms. The number of phosphoric ester groups is 1. The zero-order valence-corrected chi connectivity index (χ0v) is 30.1. The maximum absolute atomic E-state index is 11.7. The number of hydrogen-bond acceptors (Lipinski definition) is 23. The van der Waals surface area contributed by atoms with E-state index >= 15 is 0 Å². The van der Waals surface area contributed by atoms with Crippen LogP contribution in [-0.4, -0.2) is 186 Å². The number of aromatic nitrogens is 2. The van der Waals surface area contributed by atoms with Gasteiger partial charge in [-0.3, -0.25) is 18.9 Å². The zero-order valence-electron chi connectivity index (χ0n) is 27.4. The minimum Gasteiger partial charge on any atom is -0.394 e. The van der Waals surface area contributed by atoms with Gasteiger partial charge in [0, 0.05) is 12.3 Å². The molecule has 2 rings (SSSR count). The predicted octanol–water partition coefficient (Wildman–Crippen LogP) is -9.52. The lowest BCUT2D eigenvalue weighted by atomic mass is 10.1. The molecule has 0 saturated carbocycles. The molecule has 1 fully saturated rings. The van der Waals surface area contributed by atoms with Crippen molar-refractivity contribution < 1.29 is 107 Å². The number of H-pyrrole nitrogens is 1. The average molecular weight is 848 g/mol. The van der Waals surface area contributed by atoms with E-state index in [1.807, 2.05) is 4.98 Å². The van der Waals surface area contributed by atoms with Crippen LogP contribution >= 0.6 is 23.5 Å². The maximum atomic E-state index is 11.7. The summed E-state index contributed by atoms with van der Waals surface area (Å²) in [5, 5.41) is 95.0. The van der Waals surface area contributed by atoms with Gasteiger partial charge >= 0.3 is 29.2 Å². The van der Waals surface area contributed by atoms with Crippen molar-refractivity contribution in [2.24, 2.45) is 17.2 Å². The molecule has 0 bridgehead atoms. The molecule has 22 N–H and O–H groups in total. The zero-order chi connectivity index (χ0) is 42.1. The van der Waals surface area contributed by atoms with Crippen molar-refractivity contribution >= 4 is 23.5 Å². The number of aliphatic hydroxyl groups is 11. The van der Waals surface area contributed by atoms with Crippen LogP contribution in [-0.2, 0) is 31.6 Å². The van der Waals surface area contributed by atoms with E-state index in [-0.39, 0.29) is 0 Å². The summed E-state index contributed by atoms with van der Waals surface area (Å²) < 4.78 is 50.6. The van der Waals surface area contributed by atoms with Crippen LogP contribution in [0.2, 0.25) is 0 Å². The Morgan fingerprint density at radius 1 is 0.679 bits per heavy atom. The minimum atomic E-state index is -5.73. The van der Waals surface area contributed by atoms with Crippen LogP contribution < -0.4 is 28.5 Å². The molecule has 316 valence electrons. The molecule has 0 aliphatic carbocycles. The van der Waals surface area contributed by atoms with Gasteiger partial charge in [-0.15, -0.1) is 0 Å². The van der Waals surface area contributed by atoms with Crippen LogP contribution in [0.15, 0.2) is 21.9 Å². The molecule has 2 heterocycles. The molecule has 2 unspecified atom stereocenters. The number of aliphatic hydroxyl groups excluding tert-OH is 11. The lowest BCUT2D eigenvalue weighted by molar-refractivity contribution is -0.0542. The second-order valence-electron chi connectivity index (χ2n) is 11.0. The molecule has 1 saturated heterocycles. The Labute approximate surface area is 298 Å². The molecule has 29 nitrogen and oxygen atoms in total. The number of nitrogens with zero attached hydrogens (tertiary/aromatic N) is 1. The largest absolute Gasteiger partial charge is 0.490 e. The lowest BCUT2D eigenvalue weighted by Crippen LogP contribution is -2.50. The lowest BCUT2D eigenvalue weighted by Gasteiger charge is -2.20. The first kappa shape index (κ1) is 53.6. The molecule has 53 heavy (non-hydrogen) atoms. The SMILES string of the molecule is NC(CO)(CO)CO.NC(CO)(CO)CO.NC(CO)(CO)CO.O=c1ccn([C@@H]2O[C@H](COP(=O)(O)OP(=O)(O)OP(=O)(O)O)[C@@H](O)[C@H]2O)c(=O)[nH]1. The Morgan fingerprint density at radius 2 is 1.06 bits per heavy atom. The van der Waals surface area contributed by atoms with Crippen LogP contribution in [0, 0.1) is 0 Å². The third kappa shape index (κ3) is 20.3. The van der Waals surface area contributed by atoms with E-state index in [9.17, 15) is 38.4 Å². The van der Waals surface area contributed by atoms with Crippen molar-refractivity contribution in [3.8, 4) is 0 Å². The molecule has 0 spiro atoms. The van der Waals surface area contributed by atoms with Gasteiger partial charge in [-0.2, -0.15) is 8.62 Å². The second-order valence-corrected chi connectivity index (χ2v) is 15.4. The molecule has 1 aromatic heterocycles. The molecule has 0 radical (unpaired) electrons. The van der Waals surface area contributed by atoms with Crippen molar-refractivity contribution in [1.29, 1.82) is 0 Å². The minimum absolute atomic E-state index is 0.403. The standard InChI is InChI=1S/C9H15N2O15P3.3C4H11NO3/c12-5-1-2-11(9(15)10-5)8-7(14)6(13)4(24-8)3-23-28(19,20)26-29(21,22)25-27(16,17)18;3*5-4(1-6,2-7)3-8/h1-2,4,6-8,13-14H,3H2,(H,19,20)(H,21,22)(H,10,12,15)(H2,16,17,18);3*6-8H,1-3,5H2/t4-,6-,7-,8-;;;/m1.../s1. The second kappa shape index (κ2) is 23.5. The fourth-order valence-corrected chi connectivity index (χ4v) is 5.68. The summed E-state index contributed by atoms with van der Waals surface area (Å²) in [4.78, 5) is 59.9. The van der Waals surface area contributed by atoms with Gasteiger partial charge in [-0.1, -0.05) is 0 Å².